The van der Waals surface area contributed by atoms with Crippen molar-refractivity contribution in [3.8, 4) is 0 Å². The number of rotatable bonds is 3. The number of hydrogen-bond acceptors (Lipinski definition) is 5. The molecule has 3 fully saturated rings. The molecule has 176 valence electrons. The Morgan fingerprint density at radius 3 is 2.64 bits per heavy atom. The van der Waals surface area contributed by atoms with Gasteiger partial charge >= 0.3 is 0 Å². The van der Waals surface area contributed by atoms with Gasteiger partial charge in [-0.15, -0.1) is 24.8 Å². The summed E-state index contributed by atoms with van der Waals surface area (Å²) in [4.78, 5) is 24.9. The molecule has 3 saturated heterocycles. The zero-order valence-electron chi connectivity index (χ0n) is 18.3. The van der Waals surface area contributed by atoms with Crippen LogP contribution < -0.4 is 5.32 Å². The van der Waals surface area contributed by atoms with Crippen LogP contribution in [0.15, 0.2) is 48.9 Å². The van der Waals surface area contributed by atoms with Gasteiger partial charge in [0.05, 0.1) is 17.9 Å². The van der Waals surface area contributed by atoms with Crippen molar-refractivity contribution >= 4 is 41.9 Å². The maximum Gasteiger partial charge on any atom is 0.256 e. The quantitative estimate of drug-likeness (QED) is 0.607. The first-order chi connectivity index (χ1) is 15.3. The van der Waals surface area contributed by atoms with Crippen LogP contribution in [0.2, 0.25) is 0 Å². The molecule has 0 spiro atoms. The van der Waals surface area contributed by atoms with Gasteiger partial charge in [-0.3, -0.25) is 4.79 Å². The summed E-state index contributed by atoms with van der Waals surface area (Å²) in [5.74, 6) is 1.01. The molecule has 2 aromatic heterocycles. The first kappa shape index (κ1) is 24.0. The zero-order chi connectivity index (χ0) is 20.8. The molecule has 3 atom stereocenters. The minimum absolute atomic E-state index is 0. The van der Waals surface area contributed by atoms with Gasteiger partial charge in [-0.2, -0.15) is 0 Å². The van der Waals surface area contributed by atoms with Crippen LogP contribution in [0.5, 0.6) is 0 Å². The summed E-state index contributed by atoms with van der Waals surface area (Å²) in [6.45, 7) is 4.26. The summed E-state index contributed by atoms with van der Waals surface area (Å²) in [5, 5.41) is 3.51. The molecule has 3 aliphatic heterocycles. The van der Waals surface area contributed by atoms with Crippen LogP contribution >= 0.6 is 24.8 Å². The zero-order valence-corrected chi connectivity index (χ0v) is 19.9. The number of nitrogens with one attached hydrogen (secondary N) is 1. The number of likely N-dealkylation sites (tertiary alicyclic amines) is 1. The fraction of sp³-hybridized carbons (Fsp3) is 0.458. The third-order valence-electron chi connectivity index (χ3n) is 7.21. The highest BCUT2D eigenvalue weighted by Crippen LogP contribution is 2.43. The van der Waals surface area contributed by atoms with Crippen LogP contribution in [0.4, 0.5) is 0 Å². The largest absolute Gasteiger partial charge is 0.381 e. The van der Waals surface area contributed by atoms with Crippen LogP contribution in [-0.4, -0.2) is 58.2 Å². The van der Waals surface area contributed by atoms with Crippen LogP contribution in [0.1, 0.15) is 40.8 Å². The highest BCUT2D eigenvalue weighted by atomic mass is 35.5. The Labute approximate surface area is 205 Å². The summed E-state index contributed by atoms with van der Waals surface area (Å²) in [5.41, 5.74) is 3.48. The first-order valence-electron chi connectivity index (χ1n) is 11.3. The number of amides is 1. The maximum absolute atomic E-state index is 13.6. The summed E-state index contributed by atoms with van der Waals surface area (Å²) in [6.07, 6.45) is 5.53. The Kier molecular flexibility index (Phi) is 7.24. The molecule has 0 saturated carbocycles. The Morgan fingerprint density at radius 1 is 1.06 bits per heavy atom. The van der Waals surface area contributed by atoms with Gasteiger partial charge < -0.3 is 19.5 Å². The van der Waals surface area contributed by atoms with Gasteiger partial charge in [-0.25, -0.2) is 9.97 Å². The third-order valence-corrected chi connectivity index (χ3v) is 7.21. The minimum atomic E-state index is 0. The number of nitrogens with zero attached hydrogens (tertiary/aromatic N) is 4. The lowest BCUT2D eigenvalue weighted by molar-refractivity contribution is 0.0704. The lowest BCUT2D eigenvalue weighted by Gasteiger charge is -2.28. The molecule has 6 rings (SSSR count). The number of pyridine rings is 1. The Bertz CT molecular complexity index is 1100. The molecular weight excluding hydrogens is 461 g/mol. The highest BCUT2D eigenvalue weighted by molar-refractivity contribution is 5.97. The van der Waals surface area contributed by atoms with E-state index in [4.69, 9.17) is 4.74 Å². The second kappa shape index (κ2) is 9.97. The molecule has 0 aliphatic carbocycles. The summed E-state index contributed by atoms with van der Waals surface area (Å²) in [7, 11) is 0. The molecule has 3 aromatic rings. The van der Waals surface area contributed by atoms with Crippen molar-refractivity contribution in [3.05, 3.63) is 60.0 Å². The normalized spacial score (nSPS) is 24.8. The lowest BCUT2D eigenvalue weighted by Crippen LogP contribution is -2.34. The van der Waals surface area contributed by atoms with E-state index in [9.17, 15) is 4.79 Å². The van der Waals surface area contributed by atoms with Crippen LogP contribution in [0.25, 0.3) is 11.2 Å². The number of imidazole rings is 1. The van der Waals surface area contributed by atoms with Gasteiger partial charge in [0.25, 0.3) is 5.91 Å². The smallest absolute Gasteiger partial charge is 0.256 e. The van der Waals surface area contributed by atoms with Gasteiger partial charge in [0.15, 0.2) is 5.65 Å². The average Bonchev–Trinajstić information content (AvgIpc) is 3.53. The Hall–Kier alpha value is -2.19. The Balaban J connectivity index is 0.00000130. The van der Waals surface area contributed by atoms with Gasteiger partial charge in [0.1, 0.15) is 5.52 Å². The standard InChI is InChI=1S/C24H27N5O2.2ClH/c30-24(28-14-18-11-25-13-20(18)22(28)16-4-2-1-3-5-16)17-10-21-23(26-12-17)29(15-27-21)19-6-8-31-9-7-19;;/h1-5,10,12,15,18-20,22,25H,6-9,11,13-14H2;2*1H/t18-,20-,22+;;/m0../s1. The van der Waals surface area contributed by atoms with Gasteiger partial charge in [-0.1, -0.05) is 30.3 Å². The van der Waals surface area contributed by atoms with E-state index in [-0.39, 0.29) is 36.8 Å². The van der Waals surface area contributed by atoms with Crippen molar-refractivity contribution in [1.82, 2.24) is 24.8 Å². The predicted octanol–water partition coefficient (Wildman–Crippen LogP) is 3.66. The third kappa shape index (κ3) is 4.23. The van der Waals surface area contributed by atoms with Crippen molar-refractivity contribution < 1.29 is 9.53 Å². The van der Waals surface area contributed by atoms with E-state index in [0.717, 1.165) is 56.9 Å². The van der Waals surface area contributed by atoms with Gasteiger partial charge in [0, 0.05) is 51.0 Å². The van der Waals surface area contributed by atoms with E-state index in [2.05, 4.69) is 49.0 Å². The molecular formula is C24H29Cl2N5O2. The van der Waals surface area contributed by atoms with Crippen molar-refractivity contribution in [2.75, 3.05) is 32.8 Å². The summed E-state index contributed by atoms with van der Waals surface area (Å²) >= 11 is 0. The van der Waals surface area contributed by atoms with Gasteiger partial charge in [0.2, 0.25) is 0 Å². The molecule has 5 heterocycles. The summed E-state index contributed by atoms with van der Waals surface area (Å²) < 4.78 is 7.63. The molecule has 7 nitrogen and oxygen atoms in total. The van der Waals surface area contributed by atoms with E-state index >= 15 is 0 Å². The van der Waals surface area contributed by atoms with E-state index in [1.807, 2.05) is 18.5 Å². The predicted molar refractivity (Wildman–Crippen MR) is 131 cm³/mol. The monoisotopic (exact) mass is 489 g/mol. The maximum atomic E-state index is 13.6. The topological polar surface area (TPSA) is 72.3 Å². The van der Waals surface area contributed by atoms with E-state index in [0.29, 0.717) is 23.4 Å². The molecule has 1 amide bonds. The SMILES string of the molecule is Cl.Cl.O=C(c1cnc2c(c1)ncn2C1CCOCC1)N1C[C@@H]2CNC[C@@H]2[C@H]1c1ccccc1. The molecule has 1 aromatic carbocycles. The summed E-state index contributed by atoms with van der Waals surface area (Å²) in [6, 6.07) is 12.8. The Morgan fingerprint density at radius 2 is 1.85 bits per heavy atom. The molecule has 3 aliphatic rings. The highest BCUT2D eigenvalue weighted by Gasteiger charge is 2.46. The number of carbonyl (C=O) groups is 1. The van der Waals surface area contributed by atoms with Crippen molar-refractivity contribution in [2.24, 2.45) is 11.8 Å². The molecule has 33 heavy (non-hydrogen) atoms. The van der Waals surface area contributed by atoms with Crippen molar-refractivity contribution in [2.45, 2.75) is 24.9 Å². The number of ether oxygens (including phenoxy) is 1. The molecule has 0 radical (unpaired) electrons. The average molecular weight is 490 g/mol. The minimum Gasteiger partial charge on any atom is -0.381 e. The molecule has 0 unspecified atom stereocenters. The fourth-order valence-electron chi connectivity index (χ4n) is 5.64. The van der Waals surface area contributed by atoms with Crippen LogP contribution in [0.3, 0.4) is 0 Å². The van der Waals surface area contributed by atoms with Crippen LogP contribution in [0, 0.1) is 11.8 Å². The lowest BCUT2D eigenvalue weighted by atomic mass is 9.89. The number of aromatic nitrogens is 3. The van der Waals surface area contributed by atoms with E-state index in [1.54, 1.807) is 6.20 Å². The molecule has 0 bridgehead atoms. The van der Waals surface area contributed by atoms with E-state index in [1.165, 1.54) is 5.56 Å². The number of fused-ring (bicyclic) bond motifs is 2. The number of hydrogen-bond donors (Lipinski definition) is 1. The molecule has 9 heteroatoms. The second-order valence-corrected chi connectivity index (χ2v) is 8.96. The van der Waals surface area contributed by atoms with Crippen molar-refractivity contribution in [3.63, 3.8) is 0 Å². The second-order valence-electron chi connectivity index (χ2n) is 8.96. The molecule has 1 N–H and O–H groups in total. The first-order valence-corrected chi connectivity index (χ1v) is 11.3. The number of benzene rings is 1. The fourth-order valence-corrected chi connectivity index (χ4v) is 5.64. The van der Waals surface area contributed by atoms with Crippen molar-refractivity contribution in [1.29, 1.82) is 0 Å². The van der Waals surface area contributed by atoms with E-state index < -0.39 is 0 Å². The number of halogens is 2. The van der Waals surface area contributed by atoms with Crippen LogP contribution in [-0.2, 0) is 4.74 Å². The van der Waals surface area contributed by atoms with Gasteiger partial charge in [-0.05, 0) is 30.4 Å². The number of carbonyl (C=O) groups excluding carboxylic acids is 1.